The Bertz CT molecular complexity index is 1540. The van der Waals surface area contributed by atoms with Crippen LogP contribution in [0.5, 0.6) is 0 Å². The Hall–Kier alpha value is -3.71. The number of aliphatic hydroxyl groups is 1. The van der Waals surface area contributed by atoms with Crippen molar-refractivity contribution >= 4 is 5.91 Å². The van der Waals surface area contributed by atoms with E-state index in [1.54, 1.807) is 6.92 Å². The summed E-state index contributed by atoms with van der Waals surface area (Å²) in [5.41, 5.74) is 4.36. The average molecular weight is 568 g/mol. The van der Waals surface area contributed by atoms with Gasteiger partial charge < -0.3 is 20.4 Å². The zero-order valence-electron chi connectivity index (χ0n) is 26.2. The van der Waals surface area contributed by atoms with Gasteiger partial charge in [0, 0.05) is 11.8 Å². The van der Waals surface area contributed by atoms with E-state index in [4.69, 9.17) is 0 Å². The molecule has 1 aliphatic rings. The van der Waals surface area contributed by atoms with Crippen LogP contribution in [-0.2, 0) is 11.2 Å². The van der Waals surface area contributed by atoms with E-state index >= 15 is 0 Å². The zero-order valence-corrected chi connectivity index (χ0v) is 26.2. The van der Waals surface area contributed by atoms with Crippen LogP contribution in [0.25, 0.3) is 33.6 Å². The molecule has 0 aliphatic heterocycles. The van der Waals surface area contributed by atoms with E-state index < -0.39 is 5.60 Å². The highest BCUT2D eigenvalue weighted by molar-refractivity contribution is 5.86. The van der Waals surface area contributed by atoms with Gasteiger partial charge in [0.25, 0.3) is 5.91 Å². The van der Waals surface area contributed by atoms with Crippen LogP contribution in [0, 0.1) is 16.2 Å². The summed E-state index contributed by atoms with van der Waals surface area (Å²) >= 11 is 0. The summed E-state index contributed by atoms with van der Waals surface area (Å²) in [5, 5.41) is 14.1. The van der Waals surface area contributed by atoms with Gasteiger partial charge in [-0.2, -0.15) is 0 Å². The van der Waals surface area contributed by atoms with Crippen LogP contribution in [0.4, 0.5) is 0 Å². The van der Waals surface area contributed by atoms with Crippen molar-refractivity contribution in [1.29, 1.82) is 0 Å². The van der Waals surface area contributed by atoms with Crippen LogP contribution >= 0.6 is 0 Å². The second-order valence-electron chi connectivity index (χ2n) is 14.7. The molecule has 4 aromatic rings. The summed E-state index contributed by atoms with van der Waals surface area (Å²) in [6.07, 6.45) is 6.32. The lowest BCUT2D eigenvalue weighted by molar-refractivity contribution is -0.146. The Kier molecular flexibility index (Phi) is 7.46. The van der Waals surface area contributed by atoms with E-state index in [-0.39, 0.29) is 28.2 Å². The van der Waals surface area contributed by atoms with Crippen molar-refractivity contribution in [2.24, 2.45) is 16.2 Å². The molecule has 1 amide bonds. The van der Waals surface area contributed by atoms with E-state index in [1.165, 1.54) is 0 Å². The van der Waals surface area contributed by atoms with Crippen molar-refractivity contribution in [3.63, 3.8) is 0 Å². The lowest BCUT2D eigenvalue weighted by Gasteiger charge is -2.35. The van der Waals surface area contributed by atoms with Gasteiger partial charge in [0.15, 0.2) is 0 Å². The number of H-pyrrole nitrogens is 2. The van der Waals surface area contributed by atoms with Crippen molar-refractivity contribution in [2.75, 3.05) is 0 Å². The van der Waals surface area contributed by atoms with Gasteiger partial charge in [-0.25, -0.2) is 9.97 Å². The van der Waals surface area contributed by atoms with Gasteiger partial charge >= 0.3 is 0 Å². The highest BCUT2D eigenvalue weighted by Crippen LogP contribution is 2.54. The van der Waals surface area contributed by atoms with Gasteiger partial charge in [0.2, 0.25) is 0 Å². The van der Waals surface area contributed by atoms with E-state index in [9.17, 15) is 9.90 Å². The number of nitrogens with zero attached hydrogens (tertiary/aromatic N) is 2. The van der Waals surface area contributed by atoms with Gasteiger partial charge in [-0.1, -0.05) is 97.0 Å². The molecule has 1 saturated carbocycles. The van der Waals surface area contributed by atoms with Crippen molar-refractivity contribution in [1.82, 2.24) is 25.3 Å². The normalized spacial score (nSPS) is 17.0. The summed E-state index contributed by atoms with van der Waals surface area (Å²) in [6.45, 7) is 16.4. The third-order valence-corrected chi connectivity index (χ3v) is 8.68. The summed E-state index contributed by atoms with van der Waals surface area (Å²) in [5.74, 6) is 1.33. The lowest BCUT2D eigenvalue weighted by atomic mass is 9.83. The third-order valence-electron chi connectivity index (χ3n) is 8.68. The largest absolute Gasteiger partial charge is 0.380 e. The first-order valence-corrected chi connectivity index (χ1v) is 14.9. The molecule has 2 atom stereocenters. The predicted molar refractivity (Wildman–Crippen MR) is 169 cm³/mol. The maximum Gasteiger partial charge on any atom is 0.252 e. The maximum absolute atomic E-state index is 13.2. The van der Waals surface area contributed by atoms with Crippen molar-refractivity contribution < 1.29 is 9.90 Å². The molecule has 2 heterocycles. The molecule has 0 spiro atoms. The Balaban J connectivity index is 1.29. The molecular formula is C35H45N5O2. The number of carbonyl (C=O) groups excluding carboxylic acids is 1. The molecule has 5 rings (SSSR count). The number of hydrogen-bond acceptors (Lipinski definition) is 4. The fourth-order valence-electron chi connectivity index (χ4n) is 5.33. The van der Waals surface area contributed by atoms with E-state index in [1.807, 2.05) is 19.3 Å². The van der Waals surface area contributed by atoms with Crippen LogP contribution < -0.4 is 5.32 Å². The van der Waals surface area contributed by atoms with Crippen molar-refractivity contribution in [3.8, 4) is 33.6 Å². The minimum Gasteiger partial charge on any atom is -0.380 e. The number of nitrogens with one attached hydrogen (secondary N) is 3. The average Bonchev–Trinajstić information content (AvgIpc) is 3.30. The lowest BCUT2D eigenvalue weighted by Crippen LogP contribution is -2.52. The van der Waals surface area contributed by atoms with Gasteiger partial charge in [-0.15, -0.1) is 0 Å². The summed E-state index contributed by atoms with van der Waals surface area (Å²) in [6, 6.07) is 16.5. The fourth-order valence-corrected chi connectivity index (χ4v) is 5.33. The minimum atomic E-state index is -1.42. The summed E-state index contributed by atoms with van der Waals surface area (Å²) < 4.78 is 0. The van der Waals surface area contributed by atoms with Crippen LogP contribution in [0.1, 0.15) is 85.9 Å². The first-order valence-electron chi connectivity index (χ1n) is 14.9. The number of aromatic nitrogens is 4. The van der Waals surface area contributed by atoms with Crippen LogP contribution in [0.15, 0.2) is 60.9 Å². The van der Waals surface area contributed by atoms with Gasteiger partial charge in [-0.3, -0.25) is 4.79 Å². The number of hydrogen-bond donors (Lipinski definition) is 4. The van der Waals surface area contributed by atoms with Crippen molar-refractivity contribution in [2.45, 2.75) is 86.3 Å². The molecule has 7 heteroatoms. The highest BCUT2D eigenvalue weighted by Gasteiger charge is 2.57. The van der Waals surface area contributed by atoms with E-state index in [0.717, 1.165) is 58.7 Å². The van der Waals surface area contributed by atoms with E-state index in [2.05, 4.69) is 115 Å². The number of benzene rings is 2. The zero-order chi connectivity index (χ0) is 30.5. The van der Waals surface area contributed by atoms with Crippen molar-refractivity contribution in [3.05, 3.63) is 72.6 Å². The molecule has 1 unspecified atom stereocenters. The molecule has 0 bridgehead atoms. The topological polar surface area (TPSA) is 107 Å². The summed E-state index contributed by atoms with van der Waals surface area (Å²) in [7, 11) is 0. The van der Waals surface area contributed by atoms with Gasteiger partial charge in [0.05, 0.1) is 29.8 Å². The predicted octanol–water partition coefficient (Wildman–Crippen LogP) is 7.48. The Morgan fingerprint density at radius 3 is 1.79 bits per heavy atom. The van der Waals surface area contributed by atoms with Gasteiger partial charge in [0.1, 0.15) is 17.2 Å². The molecule has 1 aliphatic carbocycles. The molecule has 0 saturated heterocycles. The third kappa shape index (κ3) is 6.21. The monoisotopic (exact) mass is 567 g/mol. The number of carbonyl (C=O) groups is 1. The number of rotatable bonds is 8. The Morgan fingerprint density at radius 2 is 1.31 bits per heavy atom. The SMILES string of the molecule is CC(C)(C)Cc1ncc(-c2ccc(-c3ccc(-c4cnc([C@@H](NC(=O)C(C)(O)C5(C)CC5)C(C)(C)C)[nH]4)cc3)cc2)[nH]1. The number of aromatic amines is 2. The molecular weight excluding hydrogens is 522 g/mol. The fraction of sp³-hybridized carbons (Fsp3) is 0.457. The van der Waals surface area contributed by atoms with Crippen LogP contribution in [0.3, 0.4) is 0 Å². The first kappa shape index (κ1) is 29.8. The summed E-state index contributed by atoms with van der Waals surface area (Å²) in [4.78, 5) is 29.3. The Labute approximate surface area is 249 Å². The molecule has 7 nitrogen and oxygen atoms in total. The van der Waals surface area contributed by atoms with Crippen LogP contribution in [0.2, 0.25) is 0 Å². The molecule has 2 aromatic heterocycles. The van der Waals surface area contributed by atoms with E-state index in [0.29, 0.717) is 5.82 Å². The molecule has 222 valence electrons. The van der Waals surface area contributed by atoms with Crippen LogP contribution in [-0.4, -0.2) is 36.6 Å². The number of amides is 1. The smallest absolute Gasteiger partial charge is 0.252 e. The standard InChI is InChI=1S/C35H45N5O2/c1-32(2,3)19-28-36-20-26(38-28)24-13-9-22(10-14-24)23-11-15-25(16-12-23)27-21-37-30(39-27)29(33(4,5)6)40-31(41)35(8,42)34(7)17-18-34/h9-16,20-21,29,42H,17-19H2,1-8H3,(H,36,38)(H,37,39)(H,40,41)/t29-,35?/m1/s1. The first-order chi connectivity index (χ1) is 19.6. The molecule has 2 aromatic carbocycles. The number of imidazole rings is 2. The Morgan fingerprint density at radius 1 is 0.833 bits per heavy atom. The second-order valence-corrected chi connectivity index (χ2v) is 14.7. The highest BCUT2D eigenvalue weighted by atomic mass is 16.3. The molecule has 0 radical (unpaired) electrons. The molecule has 4 N–H and O–H groups in total. The minimum absolute atomic E-state index is 0.184. The maximum atomic E-state index is 13.2. The molecule has 1 fully saturated rings. The van der Waals surface area contributed by atoms with Gasteiger partial charge in [-0.05, 0) is 52.8 Å². The molecule has 42 heavy (non-hydrogen) atoms. The quantitative estimate of drug-likeness (QED) is 0.177. The second kappa shape index (κ2) is 10.5.